The summed E-state index contributed by atoms with van der Waals surface area (Å²) in [5, 5.41) is 4.64. The van der Waals surface area contributed by atoms with Gasteiger partial charge < -0.3 is 0 Å². The van der Waals surface area contributed by atoms with Crippen LogP contribution in [0.4, 0.5) is 5.69 Å². The molecule has 0 heterocycles. The predicted octanol–water partition coefficient (Wildman–Crippen LogP) is 3.16. The fraction of sp³-hybridized carbons (Fsp3) is 0.562. The molecule has 0 amide bonds. The first-order valence-corrected chi connectivity index (χ1v) is 9.34. The molecule has 0 aromatic heterocycles. The normalized spacial score (nSPS) is 33.0. The average Bonchev–Trinajstić information content (AvgIpc) is 2.45. The van der Waals surface area contributed by atoms with Gasteiger partial charge in [0.1, 0.15) is 0 Å². The SMILES string of the molecule is O=S(=O)(O)c1ccc(NN=C2C3CC4CC(C3)CC2C4)cc1. The summed E-state index contributed by atoms with van der Waals surface area (Å²) in [4.78, 5) is -0.0969. The zero-order chi connectivity index (χ0) is 15.3. The van der Waals surface area contributed by atoms with Gasteiger partial charge in [0, 0.05) is 5.71 Å². The van der Waals surface area contributed by atoms with Crippen LogP contribution in [0.25, 0.3) is 0 Å². The van der Waals surface area contributed by atoms with E-state index in [9.17, 15) is 8.42 Å². The molecule has 6 heteroatoms. The Balaban J connectivity index is 1.50. The summed E-state index contributed by atoms with van der Waals surface area (Å²) in [6, 6.07) is 6.02. The van der Waals surface area contributed by atoms with Gasteiger partial charge in [0.15, 0.2) is 0 Å². The van der Waals surface area contributed by atoms with E-state index < -0.39 is 10.1 Å². The highest BCUT2D eigenvalue weighted by Gasteiger charge is 2.46. The highest BCUT2D eigenvalue weighted by molar-refractivity contribution is 7.85. The van der Waals surface area contributed by atoms with E-state index in [1.54, 1.807) is 12.1 Å². The summed E-state index contributed by atoms with van der Waals surface area (Å²) in [5.74, 6) is 3.10. The van der Waals surface area contributed by atoms with Crippen LogP contribution >= 0.6 is 0 Å². The molecule has 5 rings (SSSR count). The molecule has 0 spiro atoms. The topological polar surface area (TPSA) is 78.8 Å². The van der Waals surface area contributed by atoms with Gasteiger partial charge in [-0.1, -0.05) is 0 Å². The van der Waals surface area contributed by atoms with Gasteiger partial charge in [0.2, 0.25) is 0 Å². The fourth-order valence-corrected chi connectivity index (χ4v) is 5.16. The van der Waals surface area contributed by atoms with Crippen LogP contribution in [0.15, 0.2) is 34.3 Å². The molecule has 0 atom stereocenters. The Labute approximate surface area is 130 Å². The number of anilines is 1. The second kappa shape index (κ2) is 5.06. The molecule has 22 heavy (non-hydrogen) atoms. The molecule has 0 unspecified atom stereocenters. The van der Waals surface area contributed by atoms with Gasteiger partial charge in [-0.15, -0.1) is 0 Å². The van der Waals surface area contributed by atoms with Gasteiger partial charge >= 0.3 is 0 Å². The summed E-state index contributed by atoms with van der Waals surface area (Å²) in [6.07, 6.45) is 6.57. The van der Waals surface area contributed by atoms with Gasteiger partial charge in [0.25, 0.3) is 10.1 Å². The zero-order valence-corrected chi connectivity index (χ0v) is 13.1. The van der Waals surface area contributed by atoms with Crippen molar-refractivity contribution in [1.82, 2.24) is 0 Å². The monoisotopic (exact) mass is 320 g/mol. The minimum absolute atomic E-state index is 0.0969. The summed E-state index contributed by atoms with van der Waals surface area (Å²) in [5.41, 5.74) is 5.12. The van der Waals surface area contributed by atoms with E-state index in [-0.39, 0.29) is 4.90 Å². The Morgan fingerprint density at radius 3 is 2.00 bits per heavy atom. The van der Waals surface area contributed by atoms with Crippen LogP contribution in [0.5, 0.6) is 0 Å². The van der Waals surface area contributed by atoms with Crippen LogP contribution in [0, 0.1) is 23.7 Å². The minimum Gasteiger partial charge on any atom is -0.282 e. The predicted molar refractivity (Wildman–Crippen MR) is 84.4 cm³/mol. The van der Waals surface area contributed by atoms with Crippen LogP contribution in [-0.2, 0) is 10.1 Å². The van der Waals surface area contributed by atoms with Gasteiger partial charge in [-0.25, -0.2) is 0 Å². The molecule has 4 aliphatic carbocycles. The third-order valence-corrected chi connectivity index (χ3v) is 6.31. The molecule has 0 saturated heterocycles. The van der Waals surface area contributed by atoms with E-state index in [0.717, 1.165) is 17.5 Å². The number of benzene rings is 1. The molecule has 4 saturated carbocycles. The van der Waals surface area contributed by atoms with Crippen molar-refractivity contribution < 1.29 is 13.0 Å². The van der Waals surface area contributed by atoms with Gasteiger partial charge in [-0.05, 0) is 80.0 Å². The quantitative estimate of drug-likeness (QED) is 0.662. The lowest BCUT2D eigenvalue weighted by Gasteiger charge is -2.50. The van der Waals surface area contributed by atoms with Crippen molar-refractivity contribution in [3.8, 4) is 0 Å². The largest absolute Gasteiger partial charge is 0.294 e. The minimum atomic E-state index is -4.13. The first kappa shape index (κ1) is 14.2. The molecular formula is C16H20N2O3S. The van der Waals surface area contributed by atoms with E-state index >= 15 is 0 Å². The lowest BCUT2D eigenvalue weighted by Crippen LogP contribution is -2.45. The second-order valence-electron chi connectivity index (χ2n) is 6.95. The zero-order valence-electron chi connectivity index (χ0n) is 12.3. The molecule has 1 aromatic rings. The van der Waals surface area contributed by atoms with Crippen molar-refractivity contribution in [2.45, 2.75) is 37.0 Å². The van der Waals surface area contributed by atoms with E-state index in [1.807, 2.05) is 0 Å². The van der Waals surface area contributed by atoms with Crippen LogP contribution in [0.3, 0.4) is 0 Å². The smallest absolute Gasteiger partial charge is 0.282 e. The molecule has 4 fully saturated rings. The number of hydrogen-bond donors (Lipinski definition) is 2. The number of nitrogens with one attached hydrogen (secondary N) is 1. The first-order chi connectivity index (χ1) is 10.5. The average molecular weight is 320 g/mol. The standard InChI is InChI=1S/C16H20N2O3S/c19-22(20,21)15-3-1-14(2-4-15)17-18-16-12-6-10-5-11(8-12)9-13(16)7-10/h1-4,10-13,17H,5-9H2,(H,19,20,21). The summed E-state index contributed by atoms with van der Waals surface area (Å²) < 4.78 is 31.0. The Morgan fingerprint density at radius 1 is 0.955 bits per heavy atom. The second-order valence-corrected chi connectivity index (χ2v) is 8.37. The highest BCUT2D eigenvalue weighted by atomic mass is 32.2. The molecule has 2 N–H and O–H groups in total. The summed E-state index contributed by atoms with van der Waals surface area (Å²) in [7, 11) is -4.13. The van der Waals surface area contributed by atoms with Gasteiger partial charge in [-0.3, -0.25) is 9.98 Å². The molecule has 4 aliphatic rings. The maximum absolute atomic E-state index is 11.0. The van der Waals surface area contributed by atoms with Gasteiger partial charge in [-0.2, -0.15) is 13.5 Å². The van der Waals surface area contributed by atoms with Crippen molar-refractivity contribution in [1.29, 1.82) is 0 Å². The van der Waals surface area contributed by atoms with E-state index in [0.29, 0.717) is 11.8 Å². The fourth-order valence-electron chi connectivity index (χ4n) is 4.68. The van der Waals surface area contributed by atoms with Gasteiger partial charge in [0.05, 0.1) is 10.6 Å². The Kier molecular flexibility index (Phi) is 3.27. The lowest BCUT2D eigenvalue weighted by atomic mass is 9.55. The Bertz CT molecular complexity index is 679. The van der Waals surface area contributed by atoms with Crippen LogP contribution in [-0.4, -0.2) is 18.7 Å². The van der Waals surface area contributed by atoms with Crippen molar-refractivity contribution in [2.24, 2.45) is 28.8 Å². The lowest BCUT2D eigenvalue weighted by molar-refractivity contribution is 0.108. The summed E-state index contributed by atoms with van der Waals surface area (Å²) >= 11 is 0. The molecule has 1 aromatic carbocycles. The number of hydrogen-bond acceptors (Lipinski definition) is 4. The molecule has 4 bridgehead atoms. The van der Waals surface area contributed by atoms with Crippen LogP contribution in [0.2, 0.25) is 0 Å². The van der Waals surface area contributed by atoms with Crippen molar-refractivity contribution >= 4 is 21.5 Å². The van der Waals surface area contributed by atoms with E-state index in [1.165, 1.54) is 49.9 Å². The molecule has 118 valence electrons. The third kappa shape index (κ3) is 2.54. The number of hydrazone groups is 1. The van der Waals surface area contributed by atoms with Crippen LogP contribution in [0.1, 0.15) is 32.1 Å². The van der Waals surface area contributed by atoms with Crippen molar-refractivity contribution in [3.63, 3.8) is 0 Å². The van der Waals surface area contributed by atoms with E-state index in [2.05, 4.69) is 10.5 Å². The number of rotatable bonds is 3. The molecular weight excluding hydrogens is 300 g/mol. The maximum atomic E-state index is 11.0. The van der Waals surface area contributed by atoms with E-state index in [4.69, 9.17) is 4.55 Å². The molecule has 0 aliphatic heterocycles. The first-order valence-electron chi connectivity index (χ1n) is 7.90. The highest BCUT2D eigenvalue weighted by Crippen LogP contribution is 2.52. The maximum Gasteiger partial charge on any atom is 0.294 e. The molecule has 0 radical (unpaired) electrons. The Hall–Kier alpha value is -1.40. The third-order valence-electron chi connectivity index (χ3n) is 5.44. The Morgan fingerprint density at radius 2 is 1.50 bits per heavy atom. The van der Waals surface area contributed by atoms with Crippen molar-refractivity contribution in [3.05, 3.63) is 24.3 Å². The summed E-state index contributed by atoms with van der Waals surface area (Å²) in [6.45, 7) is 0. The van der Waals surface area contributed by atoms with Crippen LogP contribution < -0.4 is 5.43 Å². The van der Waals surface area contributed by atoms with Crippen molar-refractivity contribution in [2.75, 3.05) is 5.43 Å². The number of nitrogens with zero attached hydrogens (tertiary/aromatic N) is 1. The molecule has 5 nitrogen and oxygen atoms in total.